The molecule has 3 rings (SSSR count). The van der Waals surface area contributed by atoms with E-state index < -0.39 is 17.6 Å². The van der Waals surface area contributed by atoms with Crippen molar-refractivity contribution in [2.45, 2.75) is 18.9 Å². The molecule has 31 heavy (non-hydrogen) atoms. The van der Waals surface area contributed by atoms with Gasteiger partial charge in [0.05, 0.1) is 22.8 Å². The van der Waals surface area contributed by atoms with Gasteiger partial charge in [0.1, 0.15) is 5.82 Å². The van der Waals surface area contributed by atoms with Gasteiger partial charge in [-0.2, -0.15) is 28.1 Å². The monoisotopic (exact) mass is 448 g/mol. The van der Waals surface area contributed by atoms with E-state index in [2.05, 4.69) is 25.6 Å². The van der Waals surface area contributed by atoms with Crippen LogP contribution in [0.4, 0.5) is 36.4 Å². The summed E-state index contributed by atoms with van der Waals surface area (Å²) in [5.41, 5.74) is 6.37. The van der Waals surface area contributed by atoms with Gasteiger partial charge in [-0.15, -0.1) is 11.8 Å². The molecule has 1 aromatic heterocycles. The number of aryl methyl sites for hydroxylation is 1. The Morgan fingerprint density at radius 3 is 2.42 bits per heavy atom. The minimum atomic E-state index is -4.56. The molecule has 0 aliphatic heterocycles. The fourth-order valence-corrected chi connectivity index (χ4v) is 3.32. The molecule has 7 nitrogen and oxygen atoms in total. The molecular formula is C20H19F3N6OS. The maximum absolute atomic E-state index is 13.0. The lowest BCUT2D eigenvalue weighted by molar-refractivity contribution is -0.137. The van der Waals surface area contributed by atoms with Crippen LogP contribution in [0.2, 0.25) is 0 Å². The van der Waals surface area contributed by atoms with Gasteiger partial charge in [0, 0.05) is 5.69 Å². The van der Waals surface area contributed by atoms with Gasteiger partial charge in [-0.05, 0) is 30.7 Å². The van der Waals surface area contributed by atoms with Crippen LogP contribution in [0.3, 0.4) is 0 Å². The summed E-state index contributed by atoms with van der Waals surface area (Å²) in [7, 11) is 0. The highest BCUT2D eigenvalue weighted by molar-refractivity contribution is 7.99. The fourth-order valence-electron chi connectivity index (χ4n) is 2.65. The molecule has 0 bridgehead atoms. The number of halogens is 3. The smallest absolute Gasteiger partial charge is 0.368 e. The molecule has 162 valence electrons. The Morgan fingerprint density at radius 1 is 1.03 bits per heavy atom. The highest BCUT2D eigenvalue weighted by Gasteiger charge is 2.33. The number of anilines is 4. The van der Waals surface area contributed by atoms with E-state index in [9.17, 15) is 18.0 Å². The number of carbonyl (C=O) groups is 1. The number of nitrogens with zero attached hydrogens (tertiary/aromatic N) is 3. The van der Waals surface area contributed by atoms with Crippen LogP contribution in [0, 0.1) is 6.92 Å². The number of aromatic nitrogens is 3. The predicted molar refractivity (Wildman–Crippen MR) is 115 cm³/mol. The van der Waals surface area contributed by atoms with E-state index in [4.69, 9.17) is 5.73 Å². The SMILES string of the molecule is Cc1ccccc1Nc1nc(N)nc(CSCC(=O)Nc2ccccc2C(F)(F)F)n1. The van der Waals surface area contributed by atoms with Crippen molar-refractivity contribution in [3.05, 3.63) is 65.5 Å². The number of benzene rings is 2. The van der Waals surface area contributed by atoms with Crippen molar-refractivity contribution in [2.24, 2.45) is 0 Å². The van der Waals surface area contributed by atoms with Gasteiger partial charge >= 0.3 is 6.18 Å². The normalized spacial score (nSPS) is 11.2. The summed E-state index contributed by atoms with van der Waals surface area (Å²) in [5, 5.41) is 5.36. The van der Waals surface area contributed by atoms with Gasteiger partial charge in [-0.3, -0.25) is 4.79 Å². The summed E-state index contributed by atoms with van der Waals surface area (Å²) in [6, 6.07) is 12.4. The number of nitrogen functional groups attached to an aromatic ring is 1. The molecule has 0 saturated heterocycles. The molecule has 0 fully saturated rings. The first kappa shape index (κ1) is 22.3. The van der Waals surface area contributed by atoms with Crippen molar-refractivity contribution in [1.29, 1.82) is 0 Å². The molecular weight excluding hydrogens is 429 g/mol. The lowest BCUT2D eigenvalue weighted by atomic mass is 10.1. The molecule has 0 spiro atoms. The number of thioether (sulfide) groups is 1. The van der Waals surface area contributed by atoms with Gasteiger partial charge in [0.25, 0.3) is 0 Å². The third kappa shape index (κ3) is 6.32. The summed E-state index contributed by atoms with van der Waals surface area (Å²) < 4.78 is 39.1. The first-order valence-electron chi connectivity index (χ1n) is 9.09. The number of para-hydroxylation sites is 2. The lowest BCUT2D eigenvalue weighted by Gasteiger charge is -2.13. The summed E-state index contributed by atoms with van der Waals surface area (Å²) in [4.78, 5) is 24.5. The third-order valence-corrected chi connectivity index (χ3v) is 4.99. The Labute approximate surface area is 180 Å². The number of carbonyl (C=O) groups excluding carboxylic acids is 1. The van der Waals surface area contributed by atoms with Crippen molar-refractivity contribution in [3.63, 3.8) is 0 Å². The largest absolute Gasteiger partial charge is 0.418 e. The Bertz CT molecular complexity index is 1080. The van der Waals surface area contributed by atoms with E-state index in [-0.39, 0.29) is 29.1 Å². The van der Waals surface area contributed by atoms with Crippen LogP contribution >= 0.6 is 11.8 Å². The van der Waals surface area contributed by atoms with Gasteiger partial charge in [0.15, 0.2) is 0 Å². The molecule has 0 unspecified atom stereocenters. The van der Waals surface area contributed by atoms with Crippen LogP contribution in [0.1, 0.15) is 17.0 Å². The predicted octanol–water partition coefficient (Wildman–Crippen LogP) is 4.40. The van der Waals surface area contributed by atoms with Crippen molar-refractivity contribution < 1.29 is 18.0 Å². The number of nitrogens with two attached hydrogens (primary N) is 1. The van der Waals surface area contributed by atoms with Crippen molar-refractivity contribution in [3.8, 4) is 0 Å². The molecule has 0 aliphatic carbocycles. The summed E-state index contributed by atoms with van der Waals surface area (Å²) in [6.07, 6.45) is -4.56. The summed E-state index contributed by atoms with van der Waals surface area (Å²) in [5.74, 6) is 0.201. The maximum atomic E-state index is 13.0. The molecule has 0 atom stereocenters. The number of amides is 1. The lowest BCUT2D eigenvalue weighted by Crippen LogP contribution is -2.18. The number of nitrogens with one attached hydrogen (secondary N) is 2. The molecule has 4 N–H and O–H groups in total. The van der Waals surface area contributed by atoms with Crippen LogP contribution in [-0.2, 0) is 16.7 Å². The molecule has 11 heteroatoms. The van der Waals surface area contributed by atoms with Crippen LogP contribution in [0.25, 0.3) is 0 Å². The van der Waals surface area contributed by atoms with E-state index in [0.717, 1.165) is 29.1 Å². The van der Waals surface area contributed by atoms with E-state index >= 15 is 0 Å². The Morgan fingerprint density at radius 2 is 1.71 bits per heavy atom. The quantitative estimate of drug-likeness (QED) is 0.492. The van der Waals surface area contributed by atoms with Crippen molar-refractivity contribution in [2.75, 3.05) is 22.1 Å². The van der Waals surface area contributed by atoms with Gasteiger partial charge < -0.3 is 16.4 Å². The minimum absolute atomic E-state index is 0.0187. The van der Waals surface area contributed by atoms with Crippen molar-refractivity contribution in [1.82, 2.24) is 15.0 Å². The van der Waals surface area contributed by atoms with Crippen LogP contribution in [0.15, 0.2) is 48.5 Å². The summed E-state index contributed by atoms with van der Waals surface area (Å²) in [6.45, 7) is 1.93. The second kappa shape index (κ2) is 9.65. The van der Waals surface area contributed by atoms with E-state index in [1.807, 2.05) is 31.2 Å². The minimum Gasteiger partial charge on any atom is -0.368 e. The number of hydrogen-bond donors (Lipinski definition) is 3. The van der Waals surface area contributed by atoms with E-state index in [1.54, 1.807) is 0 Å². The summed E-state index contributed by atoms with van der Waals surface area (Å²) >= 11 is 1.14. The van der Waals surface area contributed by atoms with E-state index in [0.29, 0.717) is 5.82 Å². The molecule has 1 amide bonds. The van der Waals surface area contributed by atoms with Crippen LogP contribution < -0.4 is 16.4 Å². The van der Waals surface area contributed by atoms with Gasteiger partial charge in [-0.1, -0.05) is 30.3 Å². The molecule has 0 aliphatic rings. The molecule has 0 saturated carbocycles. The first-order valence-corrected chi connectivity index (χ1v) is 10.2. The average Bonchev–Trinajstić information content (AvgIpc) is 2.69. The molecule has 3 aromatic rings. The topological polar surface area (TPSA) is 106 Å². The fraction of sp³-hybridized carbons (Fsp3) is 0.200. The Hall–Kier alpha value is -3.34. The highest BCUT2D eigenvalue weighted by atomic mass is 32.2. The first-order chi connectivity index (χ1) is 14.7. The van der Waals surface area contributed by atoms with Crippen LogP contribution in [0.5, 0.6) is 0 Å². The highest BCUT2D eigenvalue weighted by Crippen LogP contribution is 2.34. The van der Waals surface area contributed by atoms with Crippen LogP contribution in [-0.4, -0.2) is 26.6 Å². The number of hydrogen-bond acceptors (Lipinski definition) is 7. The van der Waals surface area contributed by atoms with Gasteiger partial charge in [0.2, 0.25) is 17.8 Å². The second-order valence-electron chi connectivity index (χ2n) is 6.46. The third-order valence-electron chi connectivity index (χ3n) is 4.06. The average molecular weight is 448 g/mol. The zero-order valence-corrected chi connectivity index (χ0v) is 17.2. The maximum Gasteiger partial charge on any atom is 0.418 e. The number of rotatable bonds is 7. The zero-order chi connectivity index (χ0) is 22.4. The standard InChI is InChI=1S/C20H19F3N6OS/c1-12-6-2-4-8-14(12)26-19-28-16(27-18(24)29-19)10-31-11-17(30)25-15-9-5-3-7-13(15)20(21,22)23/h2-9H,10-11H2,1H3,(H,25,30)(H3,24,26,27,28,29). The second-order valence-corrected chi connectivity index (χ2v) is 7.44. The number of alkyl halides is 3. The Balaban J connectivity index is 1.59. The zero-order valence-electron chi connectivity index (χ0n) is 16.4. The molecule has 1 heterocycles. The Kier molecular flexibility index (Phi) is 6.95. The molecule has 2 aromatic carbocycles. The van der Waals surface area contributed by atoms with E-state index in [1.165, 1.54) is 18.2 Å². The van der Waals surface area contributed by atoms with Gasteiger partial charge in [-0.25, -0.2) is 0 Å². The van der Waals surface area contributed by atoms with Crippen molar-refractivity contribution >= 4 is 40.9 Å². The molecule has 0 radical (unpaired) electrons.